The molecular weight excluding hydrogens is 200 g/mol. The molecule has 0 bridgehead atoms. The van der Waals surface area contributed by atoms with E-state index in [2.05, 4.69) is 0 Å². The lowest BCUT2D eigenvalue weighted by Crippen LogP contribution is -2.00. The Labute approximate surface area is 89.0 Å². The first-order chi connectivity index (χ1) is 7.13. The molecule has 0 fully saturated rings. The molecule has 0 heterocycles. The molecular formula is C9H18N2O4. The summed E-state index contributed by atoms with van der Waals surface area (Å²) in [7, 11) is 0. The van der Waals surface area contributed by atoms with E-state index >= 15 is 0 Å². The molecule has 88 valence electrons. The lowest BCUT2D eigenvalue weighted by Gasteiger charge is -1.98. The fourth-order valence-corrected chi connectivity index (χ4v) is 1.37. The molecule has 0 N–H and O–H groups in total. The molecule has 0 aliphatic heterocycles. The molecule has 0 aromatic carbocycles. The third-order valence-electron chi connectivity index (χ3n) is 2.18. The van der Waals surface area contributed by atoms with Crippen LogP contribution in [-0.4, -0.2) is 22.9 Å². The first-order valence-corrected chi connectivity index (χ1v) is 5.36. The lowest BCUT2D eigenvalue weighted by molar-refractivity contribution is -0.480. The second-order valence-electron chi connectivity index (χ2n) is 3.59. The molecule has 0 aliphatic carbocycles. The first kappa shape index (κ1) is 13.8. The van der Waals surface area contributed by atoms with Crippen LogP contribution < -0.4 is 0 Å². The van der Waals surface area contributed by atoms with Crippen molar-refractivity contribution in [2.24, 2.45) is 0 Å². The van der Waals surface area contributed by atoms with Crippen molar-refractivity contribution < 1.29 is 9.85 Å². The second-order valence-corrected chi connectivity index (χ2v) is 3.59. The first-order valence-electron chi connectivity index (χ1n) is 5.36. The van der Waals surface area contributed by atoms with Gasteiger partial charge in [-0.05, 0) is 12.8 Å². The van der Waals surface area contributed by atoms with Gasteiger partial charge in [0.2, 0.25) is 13.1 Å². The Morgan fingerprint density at radius 3 is 1.13 bits per heavy atom. The molecule has 15 heavy (non-hydrogen) atoms. The second kappa shape index (κ2) is 9.36. The molecule has 0 saturated heterocycles. The van der Waals surface area contributed by atoms with Crippen molar-refractivity contribution in [3.63, 3.8) is 0 Å². The molecule has 0 amide bonds. The highest BCUT2D eigenvalue weighted by atomic mass is 16.6. The summed E-state index contributed by atoms with van der Waals surface area (Å²) in [4.78, 5) is 19.4. The van der Waals surface area contributed by atoms with E-state index in [1.807, 2.05) is 0 Å². The Kier molecular flexibility index (Phi) is 8.61. The predicted molar refractivity (Wildman–Crippen MR) is 56.0 cm³/mol. The molecule has 0 aliphatic rings. The third kappa shape index (κ3) is 12.8. The maximum absolute atomic E-state index is 9.98. The fourth-order valence-electron chi connectivity index (χ4n) is 1.37. The monoisotopic (exact) mass is 218 g/mol. The summed E-state index contributed by atoms with van der Waals surface area (Å²) < 4.78 is 0. The van der Waals surface area contributed by atoms with Crippen LogP contribution in [0.1, 0.15) is 44.9 Å². The van der Waals surface area contributed by atoms with Crippen molar-refractivity contribution in [1.29, 1.82) is 0 Å². The maximum atomic E-state index is 9.98. The smallest absolute Gasteiger partial charge is 0.203 e. The third-order valence-corrected chi connectivity index (χ3v) is 2.18. The highest BCUT2D eigenvalue weighted by Crippen LogP contribution is 2.07. The van der Waals surface area contributed by atoms with Crippen molar-refractivity contribution in [3.05, 3.63) is 20.2 Å². The standard InChI is InChI=1S/C9H18N2O4/c12-10(13)8-6-4-2-1-3-5-7-9-11(14)15/h1-9H2. The van der Waals surface area contributed by atoms with E-state index in [-0.39, 0.29) is 22.9 Å². The number of nitro groups is 2. The fraction of sp³-hybridized carbons (Fsp3) is 1.00. The predicted octanol–water partition coefficient (Wildman–Crippen LogP) is 2.27. The molecule has 0 unspecified atom stereocenters. The van der Waals surface area contributed by atoms with Gasteiger partial charge in [0.05, 0.1) is 0 Å². The summed E-state index contributed by atoms with van der Waals surface area (Å²) in [5.74, 6) is 0. The van der Waals surface area contributed by atoms with Crippen molar-refractivity contribution in [2.75, 3.05) is 13.1 Å². The van der Waals surface area contributed by atoms with E-state index < -0.39 is 0 Å². The van der Waals surface area contributed by atoms with Crippen molar-refractivity contribution >= 4 is 0 Å². The molecule has 0 spiro atoms. The van der Waals surface area contributed by atoms with Crippen LogP contribution >= 0.6 is 0 Å². The van der Waals surface area contributed by atoms with Crippen LogP contribution in [0.2, 0.25) is 0 Å². The summed E-state index contributed by atoms with van der Waals surface area (Å²) in [5, 5.41) is 20.0. The Morgan fingerprint density at radius 2 is 0.867 bits per heavy atom. The number of unbranched alkanes of at least 4 members (excludes halogenated alkanes) is 6. The molecule has 0 radical (unpaired) electrons. The van der Waals surface area contributed by atoms with Gasteiger partial charge in [0.1, 0.15) is 0 Å². The maximum Gasteiger partial charge on any atom is 0.203 e. The average molecular weight is 218 g/mol. The molecule has 0 atom stereocenters. The van der Waals surface area contributed by atoms with Crippen LogP contribution in [0.25, 0.3) is 0 Å². The Balaban J connectivity index is 2.99. The molecule has 6 heteroatoms. The number of nitrogens with zero attached hydrogens (tertiary/aromatic N) is 2. The number of rotatable bonds is 10. The lowest BCUT2D eigenvalue weighted by atomic mass is 10.1. The minimum Gasteiger partial charge on any atom is -0.265 e. The average Bonchev–Trinajstić information content (AvgIpc) is 2.14. The zero-order valence-electron chi connectivity index (χ0n) is 8.89. The summed E-state index contributed by atoms with van der Waals surface area (Å²) in [6.07, 6.45) is 6.06. The van der Waals surface area contributed by atoms with Gasteiger partial charge in [-0.25, -0.2) is 0 Å². The van der Waals surface area contributed by atoms with Gasteiger partial charge in [-0.15, -0.1) is 0 Å². The normalized spacial score (nSPS) is 10.1. The van der Waals surface area contributed by atoms with Crippen molar-refractivity contribution in [2.45, 2.75) is 44.9 Å². The van der Waals surface area contributed by atoms with Gasteiger partial charge in [0, 0.05) is 22.7 Å². The van der Waals surface area contributed by atoms with Gasteiger partial charge in [0.15, 0.2) is 0 Å². The Bertz CT molecular complexity index is 177. The van der Waals surface area contributed by atoms with Crippen LogP contribution in [0.3, 0.4) is 0 Å². The molecule has 0 aromatic heterocycles. The van der Waals surface area contributed by atoms with E-state index in [9.17, 15) is 20.2 Å². The quantitative estimate of drug-likeness (QED) is 0.319. The molecule has 0 rings (SSSR count). The zero-order valence-corrected chi connectivity index (χ0v) is 8.89. The summed E-state index contributed by atoms with van der Waals surface area (Å²) >= 11 is 0. The highest BCUT2D eigenvalue weighted by Gasteiger charge is 1.98. The van der Waals surface area contributed by atoms with E-state index in [4.69, 9.17) is 0 Å². The number of hydrogen-bond acceptors (Lipinski definition) is 4. The van der Waals surface area contributed by atoms with Crippen LogP contribution in [0.15, 0.2) is 0 Å². The topological polar surface area (TPSA) is 86.3 Å². The van der Waals surface area contributed by atoms with Crippen LogP contribution in [0.4, 0.5) is 0 Å². The molecule has 0 aromatic rings. The SMILES string of the molecule is O=[N+]([O-])CCCCCCCCC[N+](=O)[O-]. The van der Waals surface area contributed by atoms with Gasteiger partial charge in [-0.1, -0.05) is 19.3 Å². The molecule has 0 saturated carbocycles. The summed E-state index contributed by atoms with van der Waals surface area (Å²) in [5.41, 5.74) is 0. The number of hydrogen-bond donors (Lipinski definition) is 0. The van der Waals surface area contributed by atoms with E-state index in [1.165, 1.54) is 0 Å². The van der Waals surface area contributed by atoms with Gasteiger partial charge in [-0.2, -0.15) is 0 Å². The van der Waals surface area contributed by atoms with Crippen LogP contribution in [0.5, 0.6) is 0 Å². The van der Waals surface area contributed by atoms with Gasteiger partial charge < -0.3 is 0 Å². The van der Waals surface area contributed by atoms with Crippen molar-refractivity contribution in [1.82, 2.24) is 0 Å². The van der Waals surface area contributed by atoms with E-state index in [1.54, 1.807) is 0 Å². The highest BCUT2D eigenvalue weighted by molar-refractivity contribution is 4.45. The Morgan fingerprint density at radius 1 is 0.600 bits per heavy atom. The van der Waals surface area contributed by atoms with E-state index in [0.29, 0.717) is 12.8 Å². The largest absolute Gasteiger partial charge is 0.265 e. The van der Waals surface area contributed by atoms with Crippen molar-refractivity contribution in [3.8, 4) is 0 Å². The minimum atomic E-state index is -0.295. The van der Waals surface area contributed by atoms with Gasteiger partial charge >= 0.3 is 0 Å². The summed E-state index contributed by atoms with van der Waals surface area (Å²) in [6, 6.07) is 0. The van der Waals surface area contributed by atoms with Crippen LogP contribution in [-0.2, 0) is 0 Å². The minimum absolute atomic E-state index is 0.0569. The summed E-state index contributed by atoms with van der Waals surface area (Å²) in [6.45, 7) is 0.114. The van der Waals surface area contributed by atoms with E-state index in [0.717, 1.165) is 32.1 Å². The van der Waals surface area contributed by atoms with Gasteiger partial charge in [-0.3, -0.25) is 20.2 Å². The van der Waals surface area contributed by atoms with Crippen LogP contribution in [0, 0.1) is 20.2 Å². The molecule has 6 nitrogen and oxygen atoms in total. The zero-order chi connectivity index (χ0) is 11.5. The Hall–Kier alpha value is -1.20. The van der Waals surface area contributed by atoms with Gasteiger partial charge in [0.25, 0.3) is 0 Å².